The molecule has 0 radical (unpaired) electrons. The second kappa shape index (κ2) is 7.12. The van der Waals surface area contributed by atoms with E-state index >= 15 is 0 Å². The highest BCUT2D eigenvalue weighted by Crippen LogP contribution is 2.39. The summed E-state index contributed by atoms with van der Waals surface area (Å²) in [4.78, 5) is 0. The van der Waals surface area contributed by atoms with E-state index in [0.717, 1.165) is 0 Å². The van der Waals surface area contributed by atoms with Crippen LogP contribution >= 0.6 is 0 Å². The van der Waals surface area contributed by atoms with Gasteiger partial charge in [-0.3, -0.25) is 0 Å². The molecule has 0 fully saturated rings. The predicted octanol–water partition coefficient (Wildman–Crippen LogP) is 6.45. The maximum atomic E-state index is 4.03. The fourth-order valence-electron chi connectivity index (χ4n) is 3.35. The van der Waals surface area contributed by atoms with Gasteiger partial charge in [0.25, 0.3) is 0 Å². The van der Waals surface area contributed by atoms with Gasteiger partial charge in [0.15, 0.2) is 0 Å². The quantitative estimate of drug-likeness (QED) is 0.532. The third-order valence-electron chi connectivity index (χ3n) is 4.21. The zero-order valence-corrected chi connectivity index (χ0v) is 13.7. The normalized spacial score (nSPS) is 19.5. The van der Waals surface area contributed by atoms with Crippen molar-refractivity contribution in [3.8, 4) is 0 Å². The van der Waals surface area contributed by atoms with E-state index in [1.807, 2.05) is 0 Å². The minimum Gasteiger partial charge on any atom is -0.0988 e. The number of allylic oxidation sites excluding steroid dienone is 5. The Kier molecular flexibility index (Phi) is 6.10. The fourth-order valence-corrected chi connectivity index (χ4v) is 3.35. The summed E-state index contributed by atoms with van der Waals surface area (Å²) < 4.78 is 0. The van der Waals surface area contributed by atoms with Gasteiger partial charge in [-0.2, -0.15) is 0 Å². The summed E-state index contributed by atoms with van der Waals surface area (Å²) in [6.45, 7) is 15.6. The van der Waals surface area contributed by atoms with Gasteiger partial charge < -0.3 is 0 Å². The van der Waals surface area contributed by atoms with Crippen molar-refractivity contribution in [2.45, 2.75) is 73.1 Å². The molecule has 0 spiro atoms. The van der Waals surface area contributed by atoms with Gasteiger partial charge in [-0.1, -0.05) is 46.4 Å². The summed E-state index contributed by atoms with van der Waals surface area (Å²) in [6, 6.07) is 0. The monoisotopic (exact) mass is 260 g/mol. The van der Waals surface area contributed by atoms with Crippen LogP contribution in [0.15, 0.2) is 35.5 Å². The number of rotatable bonds is 5. The molecule has 0 bridgehead atoms. The van der Waals surface area contributed by atoms with Crippen molar-refractivity contribution in [2.75, 3.05) is 0 Å². The number of hydrogen-bond acceptors (Lipinski definition) is 0. The minimum absolute atomic E-state index is 0.401. The molecule has 0 saturated heterocycles. The number of hydrogen-bond donors (Lipinski definition) is 0. The summed E-state index contributed by atoms with van der Waals surface area (Å²) in [5.41, 5.74) is 5.12. The smallest absolute Gasteiger partial charge is 0.0160 e. The van der Waals surface area contributed by atoms with Gasteiger partial charge in [0.05, 0.1) is 0 Å². The summed E-state index contributed by atoms with van der Waals surface area (Å²) >= 11 is 0. The Bertz CT molecular complexity index is 360. The Morgan fingerprint density at radius 1 is 1.26 bits per heavy atom. The largest absolute Gasteiger partial charge is 0.0988 e. The first-order valence-corrected chi connectivity index (χ1v) is 7.94. The first-order valence-electron chi connectivity index (χ1n) is 7.94. The van der Waals surface area contributed by atoms with Crippen molar-refractivity contribution >= 4 is 0 Å². The lowest BCUT2D eigenvalue weighted by molar-refractivity contribution is 0.313. The van der Waals surface area contributed by atoms with Crippen LogP contribution in [0.5, 0.6) is 0 Å². The van der Waals surface area contributed by atoms with Crippen LogP contribution in [0.3, 0.4) is 0 Å². The fraction of sp³-hybridized carbons (Fsp3) is 0.684. The topological polar surface area (TPSA) is 0 Å². The van der Waals surface area contributed by atoms with E-state index in [0.29, 0.717) is 11.3 Å². The second-order valence-corrected chi connectivity index (χ2v) is 7.03. The molecular formula is C19H32. The molecule has 0 heteroatoms. The molecule has 1 aliphatic rings. The molecule has 0 aromatic carbocycles. The summed E-state index contributed by atoms with van der Waals surface area (Å²) in [6.07, 6.45) is 12.1. The van der Waals surface area contributed by atoms with E-state index in [1.54, 1.807) is 11.1 Å². The Morgan fingerprint density at radius 2 is 1.89 bits per heavy atom. The molecule has 1 unspecified atom stereocenters. The zero-order valence-electron chi connectivity index (χ0n) is 13.7. The van der Waals surface area contributed by atoms with Gasteiger partial charge in [0, 0.05) is 0 Å². The summed E-state index contributed by atoms with van der Waals surface area (Å²) in [5, 5.41) is 0. The Hall–Kier alpha value is -0.780. The maximum Gasteiger partial charge on any atom is -0.0160 e. The van der Waals surface area contributed by atoms with Crippen LogP contribution in [-0.2, 0) is 0 Å². The highest BCUT2D eigenvalue weighted by atomic mass is 14.3. The van der Waals surface area contributed by atoms with Crippen molar-refractivity contribution < 1.29 is 0 Å². The van der Waals surface area contributed by atoms with Crippen LogP contribution in [0.1, 0.15) is 73.1 Å². The average Bonchev–Trinajstić information content (AvgIpc) is 2.37. The maximum absolute atomic E-state index is 4.03. The lowest BCUT2D eigenvalue weighted by atomic mass is 9.75. The molecule has 1 atom stereocenters. The van der Waals surface area contributed by atoms with Crippen LogP contribution in [-0.4, -0.2) is 0 Å². The molecule has 0 aliphatic heterocycles. The minimum atomic E-state index is 0.401. The lowest BCUT2D eigenvalue weighted by Crippen LogP contribution is -2.17. The Morgan fingerprint density at radius 3 is 2.37 bits per heavy atom. The molecule has 0 aromatic rings. The van der Waals surface area contributed by atoms with Crippen LogP contribution in [0.4, 0.5) is 0 Å². The molecule has 0 aromatic heterocycles. The van der Waals surface area contributed by atoms with Crippen molar-refractivity contribution in [3.63, 3.8) is 0 Å². The zero-order chi connectivity index (χ0) is 14.5. The molecule has 19 heavy (non-hydrogen) atoms. The molecule has 0 saturated carbocycles. The first kappa shape index (κ1) is 16.3. The van der Waals surface area contributed by atoms with Crippen LogP contribution in [0, 0.1) is 11.3 Å². The van der Waals surface area contributed by atoms with E-state index in [-0.39, 0.29) is 0 Å². The van der Waals surface area contributed by atoms with Crippen LogP contribution in [0.2, 0.25) is 0 Å². The highest BCUT2D eigenvalue weighted by molar-refractivity contribution is 5.42. The van der Waals surface area contributed by atoms with E-state index < -0.39 is 0 Å². The van der Waals surface area contributed by atoms with E-state index in [2.05, 4.69) is 53.3 Å². The Labute approximate surface area is 120 Å². The molecule has 1 rings (SSSR count). The van der Waals surface area contributed by atoms with Crippen molar-refractivity contribution in [1.82, 2.24) is 0 Å². The van der Waals surface area contributed by atoms with E-state index in [4.69, 9.17) is 0 Å². The summed E-state index contributed by atoms with van der Waals surface area (Å²) in [5.74, 6) is 0.702. The van der Waals surface area contributed by atoms with Gasteiger partial charge in [0.1, 0.15) is 0 Å². The average molecular weight is 260 g/mol. The SMILES string of the molecule is C=CC1=C(/C(=C\C)C(CC)CC(C)(C)C)CCCC1. The standard InChI is InChI=1S/C19H32/c1-7-15-12-10-11-13-18(15)17(9-3)16(8-2)14-19(4,5)6/h7,9,16H,1,8,10-14H2,2-6H3/b17-9-. The van der Waals surface area contributed by atoms with Gasteiger partial charge in [-0.25, -0.2) is 0 Å². The van der Waals surface area contributed by atoms with Gasteiger partial charge in [-0.05, 0) is 73.5 Å². The van der Waals surface area contributed by atoms with Gasteiger partial charge >= 0.3 is 0 Å². The van der Waals surface area contributed by atoms with Gasteiger partial charge in [0.2, 0.25) is 0 Å². The van der Waals surface area contributed by atoms with Crippen molar-refractivity contribution in [1.29, 1.82) is 0 Å². The first-order chi connectivity index (χ1) is 8.92. The molecule has 1 aliphatic carbocycles. The third kappa shape index (κ3) is 4.67. The predicted molar refractivity (Wildman–Crippen MR) is 87.3 cm³/mol. The van der Waals surface area contributed by atoms with Crippen LogP contribution in [0.25, 0.3) is 0 Å². The lowest BCUT2D eigenvalue weighted by Gasteiger charge is -2.31. The van der Waals surface area contributed by atoms with Crippen molar-refractivity contribution in [2.24, 2.45) is 11.3 Å². The van der Waals surface area contributed by atoms with E-state index in [1.165, 1.54) is 44.1 Å². The van der Waals surface area contributed by atoms with Crippen molar-refractivity contribution in [3.05, 3.63) is 35.5 Å². The highest BCUT2D eigenvalue weighted by Gasteiger charge is 2.24. The molecule has 0 nitrogen and oxygen atoms in total. The third-order valence-corrected chi connectivity index (χ3v) is 4.21. The van der Waals surface area contributed by atoms with Gasteiger partial charge in [-0.15, -0.1) is 0 Å². The second-order valence-electron chi connectivity index (χ2n) is 7.03. The summed E-state index contributed by atoms with van der Waals surface area (Å²) in [7, 11) is 0. The molecule has 108 valence electrons. The van der Waals surface area contributed by atoms with E-state index in [9.17, 15) is 0 Å². The molecule has 0 amide bonds. The molecular weight excluding hydrogens is 228 g/mol. The molecule has 0 N–H and O–H groups in total. The molecule has 0 heterocycles. The Balaban J connectivity index is 3.04. The van der Waals surface area contributed by atoms with Crippen LogP contribution < -0.4 is 0 Å².